The predicted octanol–water partition coefficient (Wildman–Crippen LogP) is 4.07. The number of ether oxygens (including phenoxy) is 3. The molecule has 146 valence electrons. The minimum atomic E-state index is -4.46. The normalized spacial score (nSPS) is 11.2. The first-order valence-corrected chi connectivity index (χ1v) is 7.99. The van der Waals surface area contributed by atoms with Crippen molar-refractivity contribution in [2.75, 3.05) is 19.0 Å². The van der Waals surface area contributed by atoms with E-state index in [4.69, 9.17) is 9.47 Å². The van der Waals surface area contributed by atoms with Crippen LogP contribution in [0.15, 0.2) is 36.5 Å². The van der Waals surface area contributed by atoms with E-state index in [1.54, 1.807) is 18.2 Å². The molecule has 0 saturated carbocycles. The molecule has 2 aromatic rings. The Bertz CT molecular complexity index is 777. The summed E-state index contributed by atoms with van der Waals surface area (Å²) in [5.74, 6) is 0.244. The lowest BCUT2D eigenvalue weighted by Gasteiger charge is -2.16. The number of nitrogens with one attached hydrogen (secondary N) is 1. The summed E-state index contributed by atoms with van der Waals surface area (Å²) >= 11 is 0. The molecule has 9 heteroatoms. The molecule has 0 saturated heterocycles. The lowest BCUT2D eigenvalue weighted by molar-refractivity contribution is -0.154. The van der Waals surface area contributed by atoms with Crippen LogP contribution in [0, 0.1) is 0 Å². The monoisotopic (exact) mass is 384 g/mol. The zero-order chi connectivity index (χ0) is 20.0. The number of carbonyl (C=O) groups excluding carboxylic acids is 1. The van der Waals surface area contributed by atoms with Gasteiger partial charge in [0.05, 0.1) is 24.5 Å². The molecule has 1 amide bonds. The second-order valence-electron chi connectivity index (χ2n) is 5.77. The van der Waals surface area contributed by atoms with Crippen LogP contribution in [0.3, 0.4) is 0 Å². The molecule has 0 aliphatic heterocycles. The van der Waals surface area contributed by atoms with Crippen molar-refractivity contribution in [2.45, 2.75) is 26.1 Å². The number of anilines is 1. The number of hydrogen-bond acceptors (Lipinski definition) is 5. The first-order chi connectivity index (χ1) is 12.7. The van der Waals surface area contributed by atoms with Gasteiger partial charge in [0.25, 0.3) is 5.91 Å². The maximum absolute atomic E-state index is 12.4. The van der Waals surface area contributed by atoms with Crippen LogP contribution in [0.4, 0.5) is 18.9 Å². The summed E-state index contributed by atoms with van der Waals surface area (Å²) in [5, 5.41) is 2.68. The van der Waals surface area contributed by atoms with Crippen LogP contribution in [0.25, 0.3) is 0 Å². The summed E-state index contributed by atoms with van der Waals surface area (Å²) in [6.07, 6.45) is -3.44. The zero-order valence-corrected chi connectivity index (χ0v) is 15.0. The van der Waals surface area contributed by atoms with Gasteiger partial charge in [-0.25, -0.2) is 4.98 Å². The zero-order valence-electron chi connectivity index (χ0n) is 15.0. The smallest absolute Gasteiger partial charge is 0.422 e. The molecule has 2 rings (SSSR count). The van der Waals surface area contributed by atoms with Gasteiger partial charge in [-0.2, -0.15) is 13.2 Å². The summed E-state index contributed by atoms with van der Waals surface area (Å²) in [6.45, 7) is 2.24. The molecule has 1 heterocycles. The van der Waals surface area contributed by atoms with Gasteiger partial charge in [0.1, 0.15) is 11.5 Å². The second-order valence-corrected chi connectivity index (χ2v) is 5.77. The summed E-state index contributed by atoms with van der Waals surface area (Å²) < 4.78 is 51.7. The Kier molecular flexibility index (Phi) is 6.49. The molecule has 0 spiro atoms. The van der Waals surface area contributed by atoms with Gasteiger partial charge in [0.2, 0.25) is 5.88 Å². The number of hydrogen-bond donors (Lipinski definition) is 1. The molecule has 0 radical (unpaired) electrons. The largest absolute Gasteiger partial charge is 0.497 e. The lowest BCUT2D eigenvalue weighted by Crippen LogP contribution is -2.20. The van der Waals surface area contributed by atoms with E-state index in [0.717, 1.165) is 6.20 Å². The Morgan fingerprint density at radius 1 is 1.22 bits per heavy atom. The van der Waals surface area contributed by atoms with E-state index in [1.165, 1.54) is 19.2 Å². The van der Waals surface area contributed by atoms with Gasteiger partial charge in [0.15, 0.2) is 6.61 Å². The SMILES string of the molecule is COc1ccc(OC(C)C)c(NC(=O)c2ccc(OCC(F)(F)F)nc2)c1. The molecule has 0 fully saturated rings. The van der Waals surface area contributed by atoms with Crippen molar-refractivity contribution in [3.63, 3.8) is 0 Å². The van der Waals surface area contributed by atoms with E-state index < -0.39 is 18.7 Å². The van der Waals surface area contributed by atoms with Crippen molar-refractivity contribution in [1.29, 1.82) is 0 Å². The molecular weight excluding hydrogens is 365 g/mol. The number of methoxy groups -OCH3 is 1. The fourth-order valence-electron chi connectivity index (χ4n) is 2.04. The highest BCUT2D eigenvalue weighted by Gasteiger charge is 2.28. The van der Waals surface area contributed by atoms with Gasteiger partial charge in [-0.1, -0.05) is 0 Å². The van der Waals surface area contributed by atoms with E-state index >= 15 is 0 Å². The van der Waals surface area contributed by atoms with Gasteiger partial charge in [-0.3, -0.25) is 4.79 Å². The van der Waals surface area contributed by atoms with Crippen molar-refractivity contribution in [2.24, 2.45) is 0 Å². The summed E-state index contributed by atoms with van der Waals surface area (Å²) in [5.41, 5.74) is 0.540. The van der Waals surface area contributed by atoms with Crippen LogP contribution in [-0.4, -0.2) is 36.9 Å². The maximum Gasteiger partial charge on any atom is 0.422 e. The van der Waals surface area contributed by atoms with Crippen LogP contribution in [-0.2, 0) is 0 Å². The van der Waals surface area contributed by atoms with Crippen LogP contribution in [0.1, 0.15) is 24.2 Å². The van der Waals surface area contributed by atoms with Crippen LogP contribution < -0.4 is 19.5 Å². The van der Waals surface area contributed by atoms with E-state index in [-0.39, 0.29) is 17.5 Å². The quantitative estimate of drug-likeness (QED) is 0.779. The minimum Gasteiger partial charge on any atom is -0.497 e. The molecule has 0 bridgehead atoms. The minimum absolute atomic E-state index is 0.110. The fraction of sp³-hybridized carbons (Fsp3) is 0.333. The van der Waals surface area contributed by atoms with Crippen LogP contribution in [0.2, 0.25) is 0 Å². The van der Waals surface area contributed by atoms with Gasteiger partial charge in [0, 0.05) is 18.3 Å². The molecule has 1 aromatic carbocycles. The van der Waals surface area contributed by atoms with Crippen molar-refractivity contribution in [3.8, 4) is 17.4 Å². The molecule has 27 heavy (non-hydrogen) atoms. The number of alkyl halides is 3. The number of halogens is 3. The Morgan fingerprint density at radius 3 is 2.52 bits per heavy atom. The lowest BCUT2D eigenvalue weighted by atomic mass is 10.2. The summed E-state index contributed by atoms with van der Waals surface area (Å²) in [4.78, 5) is 16.1. The Morgan fingerprint density at radius 2 is 1.96 bits per heavy atom. The number of pyridine rings is 1. The molecule has 1 N–H and O–H groups in total. The highest BCUT2D eigenvalue weighted by Crippen LogP contribution is 2.30. The predicted molar refractivity (Wildman–Crippen MR) is 92.5 cm³/mol. The molecule has 0 atom stereocenters. The Hall–Kier alpha value is -2.97. The first kappa shape index (κ1) is 20.3. The number of nitrogens with zero attached hydrogens (tertiary/aromatic N) is 1. The highest BCUT2D eigenvalue weighted by atomic mass is 19.4. The van der Waals surface area contributed by atoms with Gasteiger partial charge in [-0.15, -0.1) is 0 Å². The fourth-order valence-corrected chi connectivity index (χ4v) is 2.04. The number of rotatable bonds is 7. The van der Waals surface area contributed by atoms with Crippen molar-refractivity contribution >= 4 is 11.6 Å². The van der Waals surface area contributed by atoms with Gasteiger partial charge in [-0.05, 0) is 32.0 Å². The van der Waals surface area contributed by atoms with E-state index in [1.807, 2.05) is 13.8 Å². The summed E-state index contributed by atoms with van der Waals surface area (Å²) in [7, 11) is 1.49. The first-order valence-electron chi connectivity index (χ1n) is 7.99. The third-order valence-electron chi connectivity index (χ3n) is 3.18. The number of benzene rings is 1. The maximum atomic E-state index is 12.4. The molecule has 0 aliphatic carbocycles. The second kappa shape index (κ2) is 8.61. The molecule has 0 unspecified atom stereocenters. The average molecular weight is 384 g/mol. The van der Waals surface area contributed by atoms with Crippen LogP contribution in [0.5, 0.6) is 17.4 Å². The Labute approximate surface area is 154 Å². The topological polar surface area (TPSA) is 69.7 Å². The van der Waals surface area contributed by atoms with E-state index in [9.17, 15) is 18.0 Å². The number of carbonyl (C=O) groups is 1. The standard InChI is InChI=1S/C18H19F3N2O4/c1-11(2)27-15-6-5-13(25-3)8-14(15)23-17(24)12-4-7-16(22-9-12)26-10-18(19,20)21/h4-9,11H,10H2,1-3H3,(H,23,24). The molecule has 0 aliphatic rings. The van der Waals surface area contributed by atoms with E-state index in [0.29, 0.717) is 17.2 Å². The average Bonchev–Trinajstić information content (AvgIpc) is 2.60. The van der Waals surface area contributed by atoms with Gasteiger partial charge < -0.3 is 19.5 Å². The third kappa shape index (κ3) is 6.36. The van der Waals surface area contributed by atoms with Crippen molar-refractivity contribution in [1.82, 2.24) is 4.98 Å². The van der Waals surface area contributed by atoms with Crippen molar-refractivity contribution in [3.05, 3.63) is 42.1 Å². The van der Waals surface area contributed by atoms with Crippen LogP contribution >= 0.6 is 0 Å². The molecule has 1 aromatic heterocycles. The number of aromatic nitrogens is 1. The van der Waals surface area contributed by atoms with Gasteiger partial charge >= 0.3 is 6.18 Å². The van der Waals surface area contributed by atoms with Crippen molar-refractivity contribution < 1.29 is 32.2 Å². The highest BCUT2D eigenvalue weighted by molar-refractivity contribution is 6.05. The molecular formula is C18H19F3N2O4. The summed E-state index contributed by atoms with van der Waals surface area (Å²) in [6, 6.07) is 7.47. The van der Waals surface area contributed by atoms with E-state index in [2.05, 4.69) is 15.0 Å². The number of amides is 1. The molecule has 6 nitrogen and oxygen atoms in total. The third-order valence-corrected chi connectivity index (χ3v) is 3.18. The Balaban J connectivity index is 2.12.